The molecule has 0 radical (unpaired) electrons. The fourth-order valence-corrected chi connectivity index (χ4v) is 2.60. The van der Waals surface area contributed by atoms with Crippen LogP contribution in [-0.2, 0) is 6.18 Å². The Labute approximate surface area is 175 Å². The monoisotopic (exact) mass is 430 g/mol. The Morgan fingerprint density at radius 3 is 2.48 bits per heavy atom. The normalized spacial score (nSPS) is 10.9. The van der Waals surface area contributed by atoms with Gasteiger partial charge < -0.3 is 20.8 Å². The molecule has 5 N–H and O–H groups in total. The summed E-state index contributed by atoms with van der Waals surface area (Å²) in [6.07, 6.45) is -2.37. The van der Waals surface area contributed by atoms with Crippen molar-refractivity contribution in [3.05, 3.63) is 53.5 Å². The van der Waals surface area contributed by atoms with Gasteiger partial charge in [0.2, 0.25) is 5.88 Å². The van der Waals surface area contributed by atoms with Crippen molar-refractivity contribution in [1.82, 2.24) is 15.0 Å². The van der Waals surface area contributed by atoms with E-state index in [1.165, 1.54) is 18.3 Å². The van der Waals surface area contributed by atoms with Crippen LogP contribution >= 0.6 is 0 Å². The van der Waals surface area contributed by atoms with Crippen LogP contribution < -0.4 is 26.6 Å². The molecule has 12 heteroatoms. The zero-order chi connectivity index (χ0) is 22.6. The van der Waals surface area contributed by atoms with Crippen LogP contribution in [-0.4, -0.2) is 22.0 Å². The van der Waals surface area contributed by atoms with Gasteiger partial charge in [-0.05, 0) is 30.7 Å². The molecule has 3 heterocycles. The van der Waals surface area contributed by atoms with Gasteiger partial charge in [-0.3, -0.25) is 5.84 Å². The van der Waals surface area contributed by atoms with Crippen molar-refractivity contribution in [2.45, 2.75) is 13.1 Å². The maximum Gasteiger partial charge on any atom is 0.417 e. The zero-order valence-corrected chi connectivity index (χ0v) is 16.4. The Balaban J connectivity index is 1.95. The molecule has 0 amide bonds. The van der Waals surface area contributed by atoms with Gasteiger partial charge in [-0.2, -0.15) is 23.4 Å². The lowest BCUT2D eigenvalue weighted by molar-refractivity contribution is -0.137. The summed E-state index contributed by atoms with van der Waals surface area (Å²) < 4.78 is 44.1. The van der Waals surface area contributed by atoms with Crippen LogP contribution in [0.25, 0.3) is 0 Å². The van der Waals surface area contributed by atoms with Gasteiger partial charge in [0.1, 0.15) is 23.3 Å². The molecule has 0 aliphatic rings. The van der Waals surface area contributed by atoms with Crippen LogP contribution in [0.2, 0.25) is 0 Å². The van der Waals surface area contributed by atoms with E-state index in [2.05, 4.69) is 31.0 Å². The molecule has 0 fully saturated rings. The van der Waals surface area contributed by atoms with E-state index in [4.69, 9.17) is 15.8 Å². The minimum atomic E-state index is -4.49. The average Bonchev–Trinajstić information content (AvgIpc) is 2.74. The summed E-state index contributed by atoms with van der Waals surface area (Å²) >= 11 is 0. The van der Waals surface area contributed by atoms with Gasteiger partial charge in [0.25, 0.3) is 0 Å². The summed E-state index contributed by atoms with van der Waals surface area (Å²) in [6, 6.07) is 7.10. The summed E-state index contributed by atoms with van der Waals surface area (Å²) in [5.74, 6) is 6.59. The second-order valence-corrected chi connectivity index (χ2v) is 6.23. The molecule has 3 aromatic rings. The summed E-state index contributed by atoms with van der Waals surface area (Å²) in [4.78, 5) is 12.1. The first-order chi connectivity index (χ1) is 14.7. The molecule has 160 valence electrons. The highest BCUT2D eigenvalue weighted by Crippen LogP contribution is 2.36. The van der Waals surface area contributed by atoms with E-state index in [9.17, 15) is 13.2 Å². The number of ether oxygens (including phenoxy) is 1. The number of aryl methyl sites for hydroxylation is 1. The van der Waals surface area contributed by atoms with Gasteiger partial charge in [-0.1, -0.05) is 0 Å². The first kappa shape index (κ1) is 21.6. The Morgan fingerprint density at radius 2 is 1.94 bits per heavy atom. The second kappa shape index (κ2) is 8.72. The van der Waals surface area contributed by atoms with Crippen molar-refractivity contribution in [3.8, 4) is 17.7 Å². The highest BCUT2D eigenvalue weighted by Gasteiger charge is 2.30. The number of nitriles is 1. The van der Waals surface area contributed by atoms with E-state index in [0.29, 0.717) is 28.5 Å². The Hall–Kier alpha value is -4.11. The molecule has 31 heavy (non-hydrogen) atoms. The average molecular weight is 430 g/mol. The van der Waals surface area contributed by atoms with Crippen molar-refractivity contribution < 1.29 is 17.9 Å². The molecule has 0 aliphatic carbocycles. The smallest absolute Gasteiger partial charge is 0.417 e. The second-order valence-electron chi connectivity index (χ2n) is 6.23. The number of nitrogen functional groups attached to an aromatic ring is 1. The van der Waals surface area contributed by atoms with Crippen molar-refractivity contribution in [1.29, 1.82) is 5.26 Å². The molecular formula is C19H17F3N8O. The molecule has 3 aromatic heterocycles. The van der Waals surface area contributed by atoms with E-state index in [-0.39, 0.29) is 17.4 Å². The van der Waals surface area contributed by atoms with Crippen molar-refractivity contribution >= 4 is 23.0 Å². The minimum absolute atomic E-state index is 0.146. The quantitative estimate of drug-likeness (QED) is 0.339. The number of pyridine rings is 3. The lowest BCUT2D eigenvalue weighted by atomic mass is 10.2. The van der Waals surface area contributed by atoms with Crippen LogP contribution in [0.5, 0.6) is 11.6 Å². The molecule has 0 saturated heterocycles. The number of anilines is 4. The fourth-order valence-electron chi connectivity index (χ4n) is 2.60. The first-order valence-corrected chi connectivity index (χ1v) is 8.79. The molecule has 0 aliphatic heterocycles. The number of nitrogens with two attached hydrogens (primary N) is 1. The van der Waals surface area contributed by atoms with Crippen LogP contribution in [0.3, 0.4) is 0 Å². The Morgan fingerprint density at radius 1 is 1.16 bits per heavy atom. The number of aromatic nitrogens is 3. The van der Waals surface area contributed by atoms with Gasteiger partial charge in [-0.25, -0.2) is 9.97 Å². The van der Waals surface area contributed by atoms with Gasteiger partial charge in [-0.15, -0.1) is 0 Å². The third kappa shape index (κ3) is 4.90. The number of hydrogen-bond donors (Lipinski definition) is 4. The molecular weight excluding hydrogens is 413 g/mol. The maximum absolute atomic E-state index is 12.8. The summed E-state index contributed by atoms with van der Waals surface area (Å²) in [5.41, 5.74) is 3.22. The topological polar surface area (TPSA) is 134 Å². The number of alkyl halides is 3. The highest BCUT2D eigenvalue weighted by molar-refractivity contribution is 5.83. The van der Waals surface area contributed by atoms with E-state index in [1.807, 2.05) is 6.07 Å². The largest absolute Gasteiger partial charge is 0.437 e. The first-order valence-electron chi connectivity index (χ1n) is 8.79. The lowest BCUT2D eigenvalue weighted by Crippen LogP contribution is -2.13. The SMILES string of the molecule is CNc1nc(Oc2cnc(C#N)cc2C)cc(Nc2ccc(C(F)(F)F)cn2)c1NN. The molecule has 3 rings (SSSR count). The number of rotatable bonds is 6. The predicted octanol–water partition coefficient (Wildman–Crippen LogP) is 3.93. The minimum Gasteiger partial charge on any atom is -0.437 e. The highest BCUT2D eigenvalue weighted by atomic mass is 19.4. The molecule has 9 nitrogen and oxygen atoms in total. The Bertz CT molecular complexity index is 1130. The van der Waals surface area contributed by atoms with Gasteiger partial charge in [0, 0.05) is 19.3 Å². The summed E-state index contributed by atoms with van der Waals surface area (Å²) in [5, 5.41) is 14.7. The van der Waals surface area contributed by atoms with E-state index in [1.54, 1.807) is 20.0 Å². The number of nitrogens with one attached hydrogen (secondary N) is 3. The third-order valence-corrected chi connectivity index (χ3v) is 4.12. The predicted molar refractivity (Wildman–Crippen MR) is 108 cm³/mol. The fraction of sp³-hybridized carbons (Fsp3) is 0.158. The van der Waals surface area contributed by atoms with E-state index >= 15 is 0 Å². The number of hydrogen-bond acceptors (Lipinski definition) is 9. The lowest BCUT2D eigenvalue weighted by Gasteiger charge is -2.17. The van der Waals surface area contributed by atoms with Crippen molar-refractivity contribution in [2.24, 2.45) is 5.84 Å². The van der Waals surface area contributed by atoms with Gasteiger partial charge in [0.05, 0.1) is 17.4 Å². The molecule has 0 saturated carbocycles. The summed E-state index contributed by atoms with van der Waals surface area (Å²) in [6.45, 7) is 1.75. The molecule has 0 spiro atoms. The van der Waals surface area contributed by atoms with E-state index in [0.717, 1.165) is 12.3 Å². The standard InChI is InChI=1S/C19H17F3N8O/c1-10-5-12(7-23)26-9-14(10)31-16-6-13(17(30-24)18(25-2)29-16)28-15-4-3-11(8-27-15)19(20,21)22/h3-6,8-9,30H,24H2,1-2H3,(H2,25,27,28,29). The zero-order valence-electron chi connectivity index (χ0n) is 16.4. The number of nitrogens with zero attached hydrogens (tertiary/aromatic N) is 4. The van der Waals surface area contributed by atoms with Crippen LogP contribution in [0.1, 0.15) is 16.8 Å². The molecule has 0 aromatic carbocycles. The van der Waals surface area contributed by atoms with Crippen molar-refractivity contribution in [3.63, 3.8) is 0 Å². The molecule has 0 unspecified atom stereocenters. The number of hydrazine groups is 1. The maximum atomic E-state index is 12.8. The van der Waals surface area contributed by atoms with Crippen LogP contribution in [0.4, 0.5) is 36.2 Å². The van der Waals surface area contributed by atoms with Crippen LogP contribution in [0, 0.1) is 18.3 Å². The van der Waals surface area contributed by atoms with Crippen molar-refractivity contribution in [2.75, 3.05) is 23.1 Å². The van der Waals surface area contributed by atoms with Gasteiger partial charge in [0.15, 0.2) is 11.6 Å². The van der Waals surface area contributed by atoms with E-state index < -0.39 is 11.7 Å². The van der Waals surface area contributed by atoms with Crippen LogP contribution in [0.15, 0.2) is 36.7 Å². The molecule has 0 atom stereocenters. The number of halogens is 3. The Kier molecular flexibility index (Phi) is 6.07. The van der Waals surface area contributed by atoms with Gasteiger partial charge >= 0.3 is 6.18 Å². The third-order valence-electron chi connectivity index (χ3n) is 4.12. The molecule has 0 bridgehead atoms. The summed E-state index contributed by atoms with van der Waals surface area (Å²) in [7, 11) is 1.61.